The summed E-state index contributed by atoms with van der Waals surface area (Å²) >= 11 is 0. The van der Waals surface area contributed by atoms with Gasteiger partial charge < -0.3 is 19.3 Å². The van der Waals surface area contributed by atoms with Gasteiger partial charge in [-0.05, 0) is 41.0 Å². The highest BCUT2D eigenvalue weighted by Gasteiger charge is 2.27. The Morgan fingerprint density at radius 2 is 1.73 bits per heavy atom. The summed E-state index contributed by atoms with van der Waals surface area (Å²) in [5, 5.41) is 4.27. The molecule has 26 heavy (non-hydrogen) atoms. The summed E-state index contributed by atoms with van der Waals surface area (Å²) in [7, 11) is 1.75. The molecule has 8 heteroatoms. The van der Waals surface area contributed by atoms with E-state index in [2.05, 4.69) is 5.10 Å². The predicted octanol–water partition coefficient (Wildman–Crippen LogP) is 2.29. The Morgan fingerprint density at radius 1 is 1.12 bits per heavy atom. The molecule has 1 aromatic heterocycles. The van der Waals surface area contributed by atoms with Crippen LogP contribution in [0.2, 0.25) is 0 Å². The number of nitrogens with zero attached hydrogens (tertiary/aromatic N) is 4. The van der Waals surface area contributed by atoms with Crippen LogP contribution < -0.4 is 4.74 Å². The van der Waals surface area contributed by atoms with Gasteiger partial charge in [0.25, 0.3) is 5.91 Å². The van der Waals surface area contributed by atoms with Crippen LogP contribution in [0.5, 0.6) is 5.88 Å². The van der Waals surface area contributed by atoms with Crippen molar-refractivity contribution < 1.29 is 19.1 Å². The smallest absolute Gasteiger partial charge is 0.410 e. The van der Waals surface area contributed by atoms with Gasteiger partial charge in [0.15, 0.2) is 5.69 Å². The molecule has 2 amide bonds. The number of rotatable bonds is 3. The second-order valence-electron chi connectivity index (χ2n) is 7.77. The third kappa shape index (κ3) is 5.37. The fourth-order valence-corrected chi connectivity index (χ4v) is 2.70. The minimum absolute atomic E-state index is 0.00826. The second-order valence-corrected chi connectivity index (χ2v) is 7.77. The van der Waals surface area contributed by atoms with Crippen molar-refractivity contribution in [1.82, 2.24) is 19.6 Å². The first-order valence-electron chi connectivity index (χ1n) is 9.04. The van der Waals surface area contributed by atoms with Crippen molar-refractivity contribution in [2.45, 2.75) is 52.7 Å². The normalized spacial score (nSPS) is 15.8. The van der Waals surface area contributed by atoms with Crippen LogP contribution >= 0.6 is 0 Å². The van der Waals surface area contributed by atoms with E-state index in [0.29, 0.717) is 44.2 Å². The third-order valence-corrected chi connectivity index (χ3v) is 3.85. The van der Waals surface area contributed by atoms with Crippen molar-refractivity contribution >= 4 is 12.0 Å². The molecule has 0 aromatic carbocycles. The largest absolute Gasteiger partial charge is 0.475 e. The fraction of sp³-hybridized carbons (Fsp3) is 0.722. The van der Waals surface area contributed by atoms with E-state index >= 15 is 0 Å². The van der Waals surface area contributed by atoms with Gasteiger partial charge in [0.05, 0.1) is 6.10 Å². The van der Waals surface area contributed by atoms with E-state index in [9.17, 15) is 9.59 Å². The van der Waals surface area contributed by atoms with Gasteiger partial charge in [0, 0.05) is 39.3 Å². The molecule has 0 saturated carbocycles. The van der Waals surface area contributed by atoms with Gasteiger partial charge in [-0.3, -0.25) is 4.79 Å². The van der Waals surface area contributed by atoms with E-state index in [1.54, 1.807) is 27.6 Å². The van der Waals surface area contributed by atoms with Crippen LogP contribution in [0.1, 0.15) is 51.5 Å². The molecule has 0 unspecified atom stereocenters. The van der Waals surface area contributed by atoms with Crippen LogP contribution in [-0.4, -0.2) is 69.5 Å². The van der Waals surface area contributed by atoms with Gasteiger partial charge >= 0.3 is 6.09 Å². The van der Waals surface area contributed by atoms with Crippen LogP contribution in [0.25, 0.3) is 0 Å². The van der Waals surface area contributed by atoms with Crippen molar-refractivity contribution in [1.29, 1.82) is 0 Å². The molecular formula is C18H30N4O4. The maximum absolute atomic E-state index is 12.8. The minimum atomic E-state index is -0.528. The Balaban J connectivity index is 2.00. The first-order chi connectivity index (χ1) is 12.1. The molecule has 0 spiro atoms. The molecule has 1 aromatic rings. The quantitative estimate of drug-likeness (QED) is 0.820. The molecular weight excluding hydrogens is 336 g/mol. The Bertz CT molecular complexity index is 648. The predicted molar refractivity (Wildman–Crippen MR) is 97.3 cm³/mol. The molecule has 146 valence electrons. The average molecular weight is 366 g/mol. The summed E-state index contributed by atoms with van der Waals surface area (Å²) in [6.07, 6.45) is 0.374. The van der Waals surface area contributed by atoms with Crippen LogP contribution in [0.15, 0.2) is 6.07 Å². The molecule has 1 fully saturated rings. The summed E-state index contributed by atoms with van der Waals surface area (Å²) in [5.41, 5.74) is -0.173. The highest BCUT2D eigenvalue weighted by Crippen LogP contribution is 2.17. The summed E-state index contributed by atoms with van der Waals surface area (Å²) in [5.74, 6) is 0.416. The highest BCUT2D eigenvalue weighted by molar-refractivity contribution is 5.92. The molecule has 0 radical (unpaired) electrons. The molecule has 0 aliphatic carbocycles. The maximum Gasteiger partial charge on any atom is 0.410 e. The lowest BCUT2D eigenvalue weighted by Crippen LogP contribution is -2.40. The number of aromatic nitrogens is 2. The SMILES string of the molecule is CC(C)Oc1cc(C(=O)N2CCCN(C(=O)OC(C)(C)C)CC2)nn1C. The molecule has 0 N–H and O–H groups in total. The van der Waals surface area contributed by atoms with Crippen molar-refractivity contribution in [3.63, 3.8) is 0 Å². The Kier molecular flexibility index (Phi) is 6.15. The zero-order chi connectivity index (χ0) is 19.5. The van der Waals surface area contributed by atoms with E-state index in [1.165, 1.54) is 0 Å². The van der Waals surface area contributed by atoms with Gasteiger partial charge in [0.1, 0.15) is 5.60 Å². The zero-order valence-electron chi connectivity index (χ0n) is 16.6. The lowest BCUT2D eigenvalue weighted by molar-refractivity contribution is 0.0255. The molecule has 1 aliphatic rings. The van der Waals surface area contributed by atoms with Crippen molar-refractivity contribution in [3.05, 3.63) is 11.8 Å². The van der Waals surface area contributed by atoms with Gasteiger partial charge in [-0.25, -0.2) is 9.48 Å². The van der Waals surface area contributed by atoms with Gasteiger partial charge in [-0.1, -0.05) is 0 Å². The summed E-state index contributed by atoms with van der Waals surface area (Å²) in [6.45, 7) is 11.4. The molecule has 1 aliphatic heterocycles. The highest BCUT2D eigenvalue weighted by atomic mass is 16.6. The molecule has 0 atom stereocenters. The summed E-state index contributed by atoms with van der Waals surface area (Å²) < 4.78 is 12.6. The van der Waals surface area contributed by atoms with E-state index < -0.39 is 5.60 Å². The monoisotopic (exact) mass is 366 g/mol. The number of carbonyl (C=O) groups is 2. The second kappa shape index (κ2) is 7.97. The van der Waals surface area contributed by atoms with Crippen molar-refractivity contribution in [3.8, 4) is 5.88 Å². The number of amides is 2. The van der Waals surface area contributed by atoms with Crippen molar-refractivity contribution in [2.24, 2.45) is 7.05 Å². The standard InChI is InChI=1S/C18H30N4O4/c1-13(2)25-15-12-14(19-20(15)6)16(23)21-8-7-9-22(11-10-21)17(24)26-18(3,4)5/h12-13H,7-11H2,1-6H3. The van der Waals surface area contributed by atoms with Crippen LogP contribution in [0.4, 0.5) is 4.79 Å². The number of aryl methyl sites for hydroxylation is 1. The molecule has 1 saturated heterocycles. The first kappa shape index (κ1) is 20.1. The van der Waals surface area contributed by atoms with E-state index in [0.717, 1.165) is 0 Å². The Labute approximate surface area is 155 Å². The molecule has 8 nitrogen and oxygen atoms in total. The Hall–Kier alpha value is -2.25. The van der Waals surface area contributed by atoms with Crippen molar-refractivity contribution in [2.75, 3.05) is 26.2 Å². The van der Waals surface area contributed by atoms with Crippen LogP contribution in [0, 0.1) is 0 Å². The van der Waals surface area contributed by atoms with Crippen LogP contribution in [0.3, 0.4) is 0 Å². The molecule has 2 rings (SSSR count). The number of hydrogen-bond acceptors (Lipinski definition) is 5. The summed E-state index contributed by atoms with van der Waals surface area (Å²) in [4.78, 5) is 28.4. The maximum atomic E-state index is 12.8. The number of hydrogen-bond donors (Lipinski definition) is 0. The lowest BCUT2D eigenvalue weighted by atomic mass is 10.2. The molecule has 2 heterocycles. The third-order valence-electron chi connectivity index (χ3n) is 3.85. The fourth-order valence-electron chi connectivity index (χ4n) is 2.70. The Morgan fingerprint density at radius 3 is 2.35 bits per heavy atom. The topological polar surface area (TPSA) is 76.9 Å². The summed E-state index contributed by atoms with van der Waals surface area (Å²) in [6, 6.07) is 1.67. The van der Waals surface area contributed by atoms with Gasteiger partial charge in [-0.2, -0.15) is 5.10 Å². The van der Waals surface area contributed by atoms with E-state index in [1.807, 2.05) is 34.6 Å². The molecule has 0 bridgehead atoms. The minimum Gasteiger partial charge on any atom is -0.475 e. The van der Waals surface area contributed by atoms with Gasteiger partial charge in [-0.15, -0.1) is 0 Å². The number of ether oxygens (including phenoxy) is 2. The average Bonchev–Trinajstić information content (AvgIpc) is 2.73. The zero-order valence-corrected chi connectivity index (χ0v) is 16.6. The lowest BCUT2D eigenvalue weighted by Gasteiger charge is -2.26. The van der Waals surface area contributed by atoms with Crippen LogP contribution in [-0.2, 0) is 11.8 Å². The van der Waals surface area contributed by atoms with Gasteiger partial charge in [0.2, 0.25) is 5.88 Å². The van der Waals surface area contributed by atoms with E-state index in [4.69, 9.17) is 9.47 Å². The number of carbonyl (C=O) groups excluding carboxylic acids is 2. The first-order valence-corrected chi connectivity index (χ1v) is 9.04. The van der Waals surface area contributed by atoms with E-state index in [-0.39, 0.29) is 18.1 Å².